The van der Waals surface area contributed by atoms with Gasteiger partial charge in [-0.15, -0.1) is 0 Å². The van der Waals surface area contributed by atoms with Gasteiger partial charge in [-0.25, -0.2) is 8.78 Å². The summed E-state index contributed by atoms with van der Waals surface area (Å²) in [6, 6.07) is 3.57. The van der Waals surface area contributed by atoms with E-state index in [1.54, 1.807) is 19.9 Å². The van der Waals surface area contributed by atoms with Crippen molar-refractivity contribution in [1.82, 2.24) is 9.97 Å². The maximum atomic E-state index is 13.6. The summed E-state index contributed by atoms with van der Waals surface area (Å²) >= 11 is 6.13. The molecule has 172 valence electrons. The lowest BCUT2D eigenvalue weighted by atomic mass is 10.1. The predicted molar refractivity (Wildman–Crippen MR) is 114 cm³/mol. The fourth-order valence-electron chi connectivity index (χ4n) is 4.57. The number of rotatable bonds is 5. The van der Waals surface area contributed by atoms with Crippen LogP contribution in [0.15, 0.2) is 18.2 Å². The van der Waals surface area contributed by atoms with Crippen LogP contribution in [0, 0.1) is 11.6 Å². The van der Waals surface area contributed by atoms with Gasteiger partial charge >= 0.3 is 0 Å². The lowest BCUT2D eigenvalue weighted by Gasteiger charge is -2.24. The van der Waals surface area contributed by atoms with E-state index in [-0.39, 0.29) is 35.1 Å². The SMILES string of the molecule is CC1(C)O[C@@H]2[C@H](O1)[C@@H](O)C[C@H]2Nc1nc(Cl)nc(N[C@@H]2C[C@H]2c2ccc(F)c(F)c2)c1N. The van der Waals surface area contributed by atoms with Crippen molar-refractivity contribution in [3.05, 3.63) is 40.7 Å². The smallest absolute Gasteiger partial charge is 0.226 e. The predicted octanol–water partition coefficient (Wildman–Crippen LogP) is 3.02. The first-order valence-corrected chi connectivity index (χ1v) is 10.8. The van der Waals surface area contributed by atoms with Gasteiger partial charge in [-0.05, 0) is 56.0 Å². The molecule has 2 aliphatic carbocycles. The molecular formula is C21H24ClF2N5O3. The first kappa shape index (κ1) is 21.6. The Kier molecular flexibility index (Phi) is 5.16. The number of nitrogen functional groups attached to an aromatic ring is 1. The van der Waals surface area contributed by atoms with Crippen molar-refractivity contribution in [3.8, 4) is 0 Å². The molecule has 32 heavy (non-hydrogen) atoms. The van der Waals surface area contributed by atoms with Crippen LogP contribution < -0.4 is 16.4 Å². The number of nitrogens with one attached hydrogen (secondary N) is 2. The van der Waals surface area contributed by atoms with Crippen molar-refractivity contribution >= 4 is 28.9 Å². The third-order valence-corrected chi connectivity index (χ3v) is 6.33. The van der Waals surface area contributed by atoms with E-state index < -0.39 is 29.6 Å². The van der Waals surface area contributed by atoms with Crippen LogP contribution in [-0.2, 0) is 9.47 Å². The number of aliphatic hydroxyl groups is 1. The Bertz CT molecular complexity index is 1060. The number of benzene rings is 1. The number of halogens is 3. The molecule has 1 aromatic carbocycles. The first-order valence-electron chi connectivity index (χ1n) is 10.5. The molecule has 3 fully saturated rings. The van der Waals surface area contributed by atoms with Gasteiger partial charge in [-0.1, -0.05) is 6.07 Å². The van der Waals surface area contributed by atoms with Crippen LogP contribution in [0.4, 0.5) is 26.1 Å². The topological polar surface area (TPSA) is 115 Å². The van der Waals surface area contributed by atoms with Gasteiger partial charge in [0.25, 0.3) is 0 Å². The third-order valence-electron chi connectivity index (χ3n) is 6.16. The lowest BCUT2D eigenvalue weighted by molar-refractivity contribution is -0.162. The van der Waals surface area contributed by atoms with Crippen molar-refractivity contribution in [2.45, 2.75) is 68.8 Å². The highest BCUT2D eigenvalue weighted by Crippen LogP contribution is 2.45. The molecular weight excluding hydrogens is 444 g/mol. The molecule has 1 aromatic heterocycles. The van der Waals surface area contributed by atoms with Gasteiger partial charge < -0.3 is 30.9 Å². The highest BCUT2D eigenvalue weighted by Gasteiger charge is 2.54. The standard InChI is InChI=1S/C21H24ClF2N5O3/c1-21(2)31-16-13(7-14(30)17(16)32-21)27-19-15(25)18(28-20(22)29-19)26-12-6-9(12)8-3-4-10(23)11(24)5-8/h3-5,9,12-14,16-17,30H,6-7,25H2,1-2H3,(H2,26,27,28,29)/t9-,12+,13+,14-,16-,17+/m0/s1. The van der Waals surface area contributed by atoms with Gasteiger partial charge in [-0.3, -0.25) is 0 Å². The molecule has 0 unspecified atom stereocenters. The van der Waals surface area contributed by atoms with E-state index in [0.29, 0.717) is 30.0 Å². The number of hydrogen-bond donors (Lipinski definition) is 4. The molecule has 2 heterocycles. The molecule has 6 atom stereocenters. The van der Waals surface area contributed by atoms with Crippen molar-refractivity contribution < 1.29 is 23.4 Å². The monoisotopic (exact) mass is 467 g/mol. The Balaban J connectivity index is 1.31. The largest absolute Gasteiger partial charge is 0.393 e. The molecule has 0 spiro atoms. The van der Waals surface area contributed by atoms with Crippen LogP contribution in [-0.4, -0.2) is 51.3 Å². The molecule has 0 amide bonds. The van der Waals surface area contributed by atoms with Crippen LogP contribution in [0.25, 0.3) is 0 Å². The molecule has 2 saturated carbocycles. The third kappa shape index (κ3) is 3.96. The highest BCUT2D eigenvalue weighted by molar-refractivity contribution is 6.28. The number of ether oxygens (including phenoxy) is 2. The molecule has 1 aliphatic heterocycles. The minimum Gasteiger partial charge on any atom is -0.393 e. The van der Waals surface area contributed by atoms with Crippen LogP contribution in [0.5, 0.6) is 0 Å². The van der Waals surface area contributed by atoms with Gasteiger partial charge in [0.1, 0.15) is 17.9 Å². The number of anilines is 3. The fourth-order valence-corrected chi connectivity index (χ4v) is 4.74. The zero-order valence-electron chi connectivity index (χ0n) is 17.5. The zero-order chi connectivity index (χ0) is 22.8. The molecule has 3 aliphatic rings. The Morgan fingerprint density at radius 2 is 1.72 bits per heavy atom. The van der Waals surface area contributed by atoms with E-state index in [4.69, 9.17) is 26.8 Å². The lowest BCUT2D eigenvalue weighted by Crippen LogP contribution is -2.35. The second kappa shape index (κ2) is 7.65. The van der Waals surface area contributed by atoms with Gasteiger partial charge in [0.2, 0.25) is 5.28 Å². The van der Waals surface area contributed by atoms with Crippen molar-refractivity contribution in [2.75, 3.05) is 16.4 Å². The minimum atomic E-state index is -0.874. The maximum Gasteiger partial charge on any atom is 0.226 e. The first-order chi connectivity index (χ1) is 15.1. The summed E-state index contributed by atoms with van der Waals surface area (Å²) in [6.07, 6.45) is -0.379. The van der Waals surface area contributed by atoms with E-state index in [9.17, 15) is 13.9 Å². The summed E-state index contributed by atoms with van der Waals surface area (Å²) in [5.74, 6) is -1.86. The summed E-state index contributed by atoms with van der Waals surface area (Å²) in [5.41, 5.74) is 7.27. The number of nitrogens with zero attached hydrogens (tertiary/aromatic N) is 2. The summed E-state index contributed by atoms with van der Waals surface area (Å²) in [4.78, 5) is 8.40. The summed E-state index contributed by atoms with van der Waals surface area (Å²) < 4.78 is 38.5. The number of aromatic nitrogens is 2. The van der Waals surface area contributed by atoms with Gasteiger partial charge in [0, 0.05) is 12.0 Å². The van der Waals surface area contributed by atoms with Crippen LogP contribution >= 0.6 is 11.6 Å². The molecule has 1 saturated heterocycles. The average Bonchev–Trinajstić information content (AvgIpc) is 3.32. The van der Waals surface area contributed by atoms with E-state index in [2.05, 4.69) is 20.6 Å². The average molecular weight is 468 g/mol. The Labute approximate surface area is 188 Å². The van der Waals surface area contributed by atoms with Crippen LogP contribution in [0.2, 0.25) is 5.28 Å². The molecule has 8 nitrogen and oxygen atoms in total. The Morgan fingerprint density at radius 1 is 1.06 bits per heavy atom. The Morgan fingerprint density at radius 3 is 2.41 bits per heavy atom. The van der Waals surface area contributed by atoms with Crippen LogP contribution in [0.3, 0.4) is 0 Å². The number of fused-ring (bicyclic) bond motifs is 1. The Hall–Kier alpha value is -2.27. The van der Waals surface area contributed by atoms with E-state index >= 15 is 0 Å². The van der Waals surface area contributed by atoms with Gasteiger partial charge in [0.15, 0.2) is 29.1 Å². The van der Waals surface area contributed by atoms with Gasteiger partial charge in [0.05, 0.1) is 12.1 Å². The maximum absolute atomic E-state index is 13.6. The summed E-state index contributed by atoms with van der Waals surface area (Å²) in [7, 11) is 0. The van der Waals surface area contributed by atoms with Crippen LogP contribution in [0.1, 0.15) is 38.2 Å². The second-order valence-corrected chi connectivity index (χ2v) is 9.33. The number of aliphatic hydroxyl groups excluding tert-OH is 1. The van der Waals surface area contributed by atoms with E-state index in [1.807, 2.05) is 0 Å². The van der Waals surface area contributed by atoms with E-state index in [0.717, 1.165) is 6.07 Å². The molecule has 0 bridgehead atoms. The molecule has 5 rings (SSSR count). The quantitative estimate of drug-likeness (QED) is 0.496. The summed E-state index contributed by atoms with van der Waals surface area (Å²) in [5, 5.41) is 16.8. The molecule has 0 radical (unpaired) electrons. The molecule has 2 aromatic rings. The number of nitrogens with two attached hydrogens (primary N) is 1. The van der Waals surface area contributed by atoms with Crippen molar-refractivity contribution in [3.63, 3.8) is 0 Å². The number of hydrogen-bond acceptors (Lipinski definition) is 8. The van der Waals surface area contributed by atoms with Crippen molar-refractivity contribution in [2.24, 2.45) is 0 Å². The van der Waals surface area contributed by atoms with Crippen molar-refractivity contribution in [1.29, 1.82) is 0 Å². The molecule has 11 heteroatoms. The van der Waals surface area contributed by atoms with Gasteiger partial charge in [-0.2, -0.15) is 9.97 Å². The molecule has 5 N–H and O–H groups in total. The fraction of sp³-hybridized carbons (Fsp3) is 0.524. The highest BCUT2D eigenvalue weighted by atomic mass is 35.5. The summed E-state index contributed by atoms with van der Waals surface area (Å²) in [6.45, 7) is 3.60. The van der Waals surface area contributed by atoms with E-state index in [1.165, 1.54) is 6.07 Å². The minimum absolute atomic E-state index is 0.00616. The normalized spacial score (nSPS) is 32.6. The zero-order valence-corrected chi connectivity index (χ0v) is 18.2. The second-order valence-electron chi connectivity index (χ2n) is 8.99.